The molecule has 1 heterocycles. The molecule has 2 rings (SSSR count). The first kappa shape index (κ1) is 13.4. The number of aryl methyl sites for hydroxylation is 2. The van der Waals surface area contributed by atoms with E-state index in [4.69, 9.17) is 0 Å². The van der Waals surface area contributed by atoms with E-state index in [1.807, 2.05) is 0 Å². The van der Waals surface area contributed by atoms with Gasteiger partial charge in [-0.2, -0.15) is 0 Å². The van der Waals surface area contributed by atoms with E-state index in [1.165, 1.54) is 49.2 Å². The van der Waals surface area contributed by atoms with E-state index in [1.54, 1.807) is 0 Å². The fourth-order valence-corrected chi connectivity index (χ4v) is 2.85. The molecule has 2 heteroatoms. The number of hydrogen-bond donors (Lipinski definition) is 1. The molecular weight excluding hydrogens is 220 g/mol. The molecule has 1 fully saturated rings. The van der Waals surface area contributed by atoms with Crippen LogP contribution in [0.2, 0.25) is 0 Å². The quantitative estimate of drug-likeness (QED) is 0.861. The van der Waals surface area contributed by atoms with Crippen LogP contribution in [0.1, 0.15) is 37.3 Å². The largest absolute Gasteiger partial charge is 0.371 e. The topological polar surface area (TPSA) is 15.3 Å². The van der Waals surface area contributed by atoms with E-state index < -0.39 is 0 Å². The Hall–Kier alpha value is -1.02. The minimum atomic E-state index is 0.693. The molecule has 0 aliphatic carbocycles. The Morgan fingerprint density at radius 2 is 2.11 bits per heavy atom. The third kappa shape index (κ3) is 3.26. The first-order valence-corrected chi connectivity index (χ1v) is 7.26. The lowest BCUT2D eigenvalue weighted by Crippen LogP contribution is -2.39. The second-order valence-corrected chi connectivity index (χ2v) is 5.48. The van der Waals surface area contributed by atoms with Gasteiger partial charge in [0, 0.05) is 24.8 Å². The molecule has 0 saturated carbocycles. The molecule has 1 saturated heterocycles. The maximum absolute atomic E-state index is 3.64. The first-order chi connectivity index (χ1) is 8.70. The summed E-state index contributed by atoms with van der Waals surface area (Å²) < 4.78 is 0. The van der Waals surface area contributed by atoms with Gasteiger partial charge in [-0.3, -0.25) is 0 Å². The number of rotatable bonds is 2. The van der Waals surface area contributed by atoms with Gasteiger partial charge in [0.25, 0.3) is 0 Å². The lowest BCUT2D eigenvalue weighted by Gasteiger charge is -2.31. The van der Waals surface area contributed by atoms with Crippen LogP contribution in [0.15, 0.2) is 18.2 Å². The van der Waals surface area contributed by atoms with Gasteiger partial charge in [-0.25, -0.2) is 0 Å². The van der Waals surface area contributed by atoms with Gasteiger partial charge in [-0.05, 0) is 51.3 Å². The van der Waals surface area contributed by atoms with Crippen molar-refractivity contribution in [2.24, 2.45) is 0 Å². The van der Waals surface area contributed by atoms with Gasteiger partial charge in [0.1, 0.15) is 0 Å². The van der Waals surface area contributed by atoms with Crippen LogP contribution in [0.4, 0.5) is 5.69 Å². The van der Waals surface area contributed by atoms with Crippen molar-refractivity contribution in [1.82, 2.24) is 5.32 Å². The summed E-state index contributed by atoms with van der Waals surface area (Å²) in [6, 6.07) is 7.51. The molecule has 0 aromatic heterocycles. The summed E-state index contributed by atoms with van der Waals surface area (Å²) in [7, 11) is 0. The molecule has 18 heavy (non-hydrogen) atoms. The van der Waals surface area contributed by atoms with Gasteiger partial charge >= 0.3 is 0 Å². The van der Waals surface area contributed by atoms with Gasteiger partial charge in [-0.1, -0.05) is 24.6 Å². The van der Waals surface area contributed by atoms with Crippen LogP contribution in [0.3, 0.4) is 0 Å². The molecule has 1 aromatic rings. The second kappa shape index (κ2) is 6.24. The Labute approximate surface area is 111 Å². The zero-order valence-electron chi connectivity index (χ0n) is 12.0. The van der Waals surface area contributed by atoms with Crippen molar-refractivity contribution in [3.05, 3.63) is 29.3 Å². The standard InChI is InChI=1S/C16H26N2/c1-4-15-8-11-18(10-5-9-17-15)16-7-6-13(2)12-14(16)3/h6-7,12,15,17H,4-5,8-11H2,1-3H3. The average Bonchev–Trinajstić information content (AvgIpc) is 2.31. The molecule has 100 valence electrons. The van der Waals surface area contributed by atoms with Crippen LogP contribution in [0.5, 0.6) is 0 Å². The Bertz CT molecular complexity index is 387. The number of benzene rings is 1. The highest BCUT2D eigenvalue weighted by molar-refractivity contribution is 5.54. The van der Waals surface area contributed by atoms with Crippen molar-refractivity contribution < 1.29 is 0 Å². The minimum absolute atomic E-state index is 0.693. The number of nitrogens with one attached hydrogen (secondary N) is 1. The first-order valence-electron chi connectivity index (χ1n) is 7.26. The molecule has 1 N–H and O–H groups in total. The Morgan fingerprint density at radius 3 is 2.83 bits per heavy atom. The normalized spacial score (nSPS) is 21.5. The van der Waals surface area contributed by atoms with Crippen LogP contribution in [0, 0.1) is 13.8 Å². The SMILES string of the molecule is CCC1CCN(c2ccc(C)cc2C)CCCN1. The van der Waals surface area contributed by atoms with Gasteiger partial charge < -0.3 is 10.2 Å². The van der Waals surface area contributed by atoms with Crippen LogP contribution < -0.4 is 10.2 Å². The predicted molar refractivity (Wildman–Crippen MR) is 79.4 cm³/mol. The van der Waals surface area contributed by atoms with Crippen molar-refractivity contribution in [3.63, 3.8) is 0 Å². The lowest BCUT2D eigenvalue weighted by molar-refractivity contribution is 0.439. The molecule has 1 aliphatic heterocycles. The highest BCUT2D eigenvalue weighted by Crippen LogP contribution is 2.22. The zero-order chi connectivity index (χ0) is 13.0. The third-order valence-corrected chi connectivity index (χ3v) is 3.97. The maximum atomic E-state index is 3.64. The molecule has 0 spiro atoms. The van der Waals surface area contributed by atoms with Crippen molar-refractivity contribution in [2.75, 3.05) is 24.5 Å². The molecule has 0 amide bonds. The summed E-state index contributed by atoms with van der Waals surface area (Å²) >= 11 is 0. The summed E-state index contributed by atoms with van der Waals surface area (Å²) in [4.78, 5) is 2.57. The Balaban J connectivity index is 2.10. The third-order valence-electron chi connectivity index (χ3n) is 3.97. The number of anilines is 1. The van der Waals surface area contributed by atoms with Crippen LogP contribution in [-0.4, -0.2) is 25.7 Å². The fourth-order valence-electron chi connectivity index (χ4n) is 2.85. The fraction of sp³-hybridized carbons (Fsp3) is 0.625. The highest BCUT2D eigenvalue weighted by atomic mass is 15.1. The molecule has 0 bridgehead atoms. The van der Waals surface area contributed by atoms with Gasteiger partial charge in [-0.15, -0.1) is 0 Å². The van der Waals surface area contributed by atoms with E-state index in [2.05, 4.69) is 49.2 Å². The number of hydrogen-bond acceptors (Lipinski definition) is 2. The monoisotopic (exact) mass is 246 g/mol. The van der Waals surface area contributed by atoms with Gasteiger partial charge in [0.15, 0.2) is 0 Å². The number of nitrogens with zero attached hydrogens (tertiary/aromatic N) is 1. The molecule has 2 nitrogen and oxygen atoms in total. The lowest BCUT2D eigenvalue weighted by atomic mass is 10.1. The van der Waals surface area contributed by atoms with Crippen molar-refractivity contribution in [2.45, 2.75) is 46.1 Å². The summed E-state index contributed by atoms with van der Waals surface area (Å²) in [5.41, 5.74) is 4.20. The van der Waals surface area contributed by atoms with Gasteiger partial charge in [0.2, 0.25) is 0 Å². The Kier molecular flexibility index (Phi) is 4.65. The predicted octanol–water partition coefficient (Wildman–Crippen LogP) is 3.27. The maximum Gasteiger partial charge on any atom is 0.0396 e. The highest BCUT2D eigenvalue weighted by Gasteiger charge is 2.15. The average molecular weight is 246 g/mol. The van der Waals surface area contributed by atoms with Crippen molar-refractivity contribution in [3.8, 4) is 0 Å². The van der Waals surface area contributed by atoms with Crippen molar-refractivity contribution in [1.29, 1.82) is 0 Å². The smallest absolute Gasteiger partial charge is 0.0396 e. The van der Waals surface area contributed by atoms with E-state index in [0.29, 0.717) is 6.04 Å². The summed E-state index contributed by atoms with van der Waals surface area (Å²) in [6.07, 6.45) is 3.73. The van der Waals surface area contributed by atoms with Gasteiger partial charge in [0.05, 0.1) is 0 Å². The molecule has 0 radical (unpaired) electrons. The van der Waals surface area contributed by atoms with Crippen LogP contribution in [0.25, 0.3) is 0 Å². The van der Waals surface area contributed by atoms with E-state index in [0.717, 1.165) is 6.54 Å². The molecule has 1 aliphatic rings. The van der Waals surface area contributed by atoms with Crippen LogP contribution in [-0.2, 0) is 0 Å². The van der Waals surface area contributed by atoms with E-state index in [-0.39, 0.29) is 0 Å². The molecule has 1 atom stereocenters. The summed E-state index contributed by atoms with van der Waals surface area (Å²) in [6.45, 7) is 10.2. The van der Waals surface area contributed by atoms with Crippen molar-refractivity contribution >= 4 is 5.69 Å². The molecule has 1 unspecified atom stereocenters. The summed E-state index contributed by atoms with van der Waals surface area (Å²) in [5.74, 6) is 0. The van der Waals surface area contributed by atoms with E-state index >= 15 is 0 Å². The summed E-state index contributed by atoms with van der Waals surface area (Å²) in [5, 5.41) is 3.64. The molecular formula is C16H26N2. The second-order valence-electron chi connectivity index (χ2n) is 5.48. The molecule has 1 aromatic carbocycles. The Morgan fingerprint density at radius 1 is 1.28 bits per heavy atom. The zero-order valence-corrected chi connectivity index (χ0v) is 12.0. The van der Waals surface area contributed by atoms with E-state index in [9.17, 15) is 0 Å². The minimum Gasteiger partial charge on any atom is -0.371 e. The van der Waals surface area contributed by atoms with Crippen LogP contribution >= 0.6 is 0 Å².